The Bertz CT molecular complexity index is 729. The summed E-state index contributed by atoms with van der Waals surface area (Å²) in [6.45, 7) is 4.80. The Balaban J connectivity index is 1.95. The van der Waals surface area contributed by atoms with Crippen LogP contribution in [0.4, 0.5) is 5.82 Å². The predicted molar refractivity (Wildman–Crippen MR) is 75.2 cm³/mol. The minimum absolute atomic E-state index is 0.594. The van der Waals surface area contributed by atoms with E-state index >= 15 is 0 Å². The van der Waals surface area contributed by atoms with Crippen molar-refractivity contribution in [3.05, 3.63) is 28.9 Å². The van der Waals surface area contributed by atoms with Crippen LogP contribution >= 0.6 is 11.3 Å². The number of fused-ring (bicyclic) bond motifs is 1. The highest BCUT2D eigenvalue weighted by Crippen LogP contribution is 2.32. The molecule has 0 amide bonds. The molecule has 3 aromatic rings. The van der Waals surface area contributed by atoms with E-state index in [0.29, 0.717) is 6.54 Å². The zero-order valence-electron chi connectivity index (χ0n) is 11.0. The third-order valence-electron chi connectivity index (χ3n) is 3.18. The van der Waals surface area contributed by atoms with Crippen molar-refractivity contribution in [3.8, 4) is 0 Å². The molecule has 0 bridgehead atoms. The highest BCUT2D eigenvalue weighted by Gasteiger charge is 2.12. The lowest BCUT2D eigenvalue weighted by Gasteiger charge is -2.06. The number of hydrogen-bond acceptors (Lipinski definition) is 6. The molecule has 0 aliphatic rings. The maximum atomic E-state index is 4.34. The Labute approximate surface area is 114 Å². The number of anilines is 1. The zero-order valence-corrected chi connectivity index (χ0v) is 11.8. The molecule has 3 heterocycles. The maximum Gasteiger partial charge on any atom is 0.151 e. The van der Waals surface area contributed by atoms with E-state index in [1.807, 2.05) is 11.6 Å². The van der Waals surface area contributed by atoms with Crippen LogP contribution in [0.3, 0.4) is 0 Å². The fourth-order valence-electron chi connectivity index (χ4n) is 1.95. The first-order valence-corrected chi connectivity index (χ1v) is 6.76. The molecule has 98 valence electrons. The van der Waals surface area contributed by atoms with Crippen molar-refractivity contribution < 1.29 is 0 Å². The van der Waals surface area contributed by atoms with Crippen molar-refractivity contribution in [1.29, 1.82) is 0 Å². The fraction of sp³-hybridized carbons (Fsp3) is 0.333. The lowest BCUT2D eigenvalue weighted by Crippen LogP contribution is -2.07. The highest BCUT2D eigenvalue weighted by molar-refractivity contribution is 7.18. The number of rotatable bonds is 3. The van der Waals surface area contributed by atoms with Crippen LogP contribution in [-0.2, 0) is 13.6 Å². The quantitative estimate of drug-likeness (QED) is 0.791. The highest BCUT2D eigenvalue weighted by atomic mass is 32.1. The molecule has 0 aliphatic heterocycles. The molecule has 0 aromatic carbocycles. The van der Waals surface area contributed by atoms with Gasteiger partial charge >= 0.3 is 0 Å². The van der Waals surface area contributed by atoms with Crippen LogP contribution in [0.25, 0.3) is 10.2 Å². The van der Waals surface area contributed by atoms with Crippen LogP contribution in [0.2, 0.25) is 0 Å². The van der Waals surface area contributed by atoms with E-state index in [9.17, 15) is 0 Å². The standard InChI is InChI=1S/C12H14N6S/c1-7-8(2)19-12-10(7)11(14-5-15-12)13-4-9-17-16-6-18(9)3/h5-6H,4H2,1-3H3,(H,13,14,15). The number of aromatic nitrogens is 5. The molecular weight excluding hydrogens is 260 g/mol. The number of nitrogens with one attached hydrogen (secondary N) is 1. The molecule has 0 atom stereocenters. The van der Waals surface area contributed by atoms with Crippen molar-refractivity contribution in [2.75, 3.05) is 5.32 Å². The first kappa shape index (κ1) is 12.0. The summed E-state index contributed by atoms with van der Waals surface area (Å²) in [5.41, 5.74) is 1.24. The van der Waals surface area contributed by atoms with Gasteiger partial charge in [-0.3, -0.25) is 0 Å². The predicted octanol–water partition coefficient (Wildman–Crippen LogP) is 2.05. The van der Waals surface area contributed by atoms with Crippen LogP contribution in [0, 0.1) is 13.8 Å². The molecule has 3 rings (SSSR count). The summed E-state index contributed by atoms with van der Waals surface area (Å²) in [5.74, 6) is 1.73. The Morgan fingerprint density at radius 1 is 1.32 bits per heavy atom. The molecule has 3 aromatic heterocycles. The second-order valence-electron chi connectivity index (χ2n) is 4.40. The number of thiophene rings is 1. The fourth-order valence-corrected chi connectivity index (χ4v) is 2.94. The molecule has 0 fully saturated rings. The van der Waals surface area contributed by atoms with Crippen molar-refractivity contribution in [3.63, 3.8) is 0 Å². The van der Waals surface area contributed by atoms with E-state index in [1.54, 1.807) is 24.0 Å². The summed E-state index contributed by atoms with van der Waals surface area (Å²) in [7, 11) is 1.92. The van der Waals surface area contributed by atoms with Crippen LogP contribution in [0.15, 0.2) is 12.7 Å². The average molecular weight is 274 g/mol. The first-order valence-electron chi connectivity index (χ1n) is 5.94. The lowest BCUT2D eigenvalue weighted by atomic mass is 10.2. The van der Waals surface area contributed by atoms with E-state index in [2.05, 4.69) is 39.3 Å². The van der Waals surface area contributed by atoms with E-state index in [-0.39, 0.29) is 0 Å². The molecule has 0 saturated carbocycles. The van der Waals surface area contributed by atoms with Crippen molar-refractivity contribution >= 4 is 27.4 Å². The molecule has 1 N–H and O–H groups in total. The summed E-state index contributed by atoms with van der Waals surface area (Å²) in [5, 5.41) is 12.3. The van der Waals surface area contributed by atoms with E-state index in [4.69, 9.17) is 0 Å². The van der Waals surface area contributed by atoms with Gasteiger partial charge in [0.25, 0.3) is 0 Å². The van der Waals surface area contributed by atoms with Crippen LogP contribution in [-0.4, -0.2) is 24.7 Å². The monoisotopic (exact) mass is 274 g/mol. The molecule has 0 unspecified atom stereocenters. The molecular formula is C12H14N6S. The van der Waals surface area contributed by atoms with Crippen LogP contribution < -0.4 is 5.32 Å². The lowest BCUT2D eigenvalue weighted by molar-refractivity contribution is 0.810. The van der Waals surface area contributed by atoms with Gasteiger partial charge in [0.05, 0.1) is 11.9 Å². The zero-order chi connectivity index (χ0) is 13.4. The van der Waals surface area contributed by atoms with Gasteiger partial charge < -0.3 is 9.88 Å². The van der Waals surface area contributed by atoms with E-state index in [0.717, 1.165) is 21.9 Å². The Hall–Kier alpha value is -2.02. The minimum Gasteiger partial charge on any atom is -0.362 e. The summed E-state index contributed by atoms with van der Waals surface area (Å²) in [4.78, 5) is 11.0. The SMILES string of the molecule is Cc1sc2ncnc(NCc3nncn3C)c2c1C. The van der Waals surface area contributed by atoms with Crippen molar-refractivity contribution in [1.82, 2.24) is 24.7 Å². The van der Waals surface area contributed by atoms with Gasteiger partial charge in [0.1, 0.15) is 23.3 Å². The van der Waals surface area contributed by atoms with Gasteiger partial charge in [0.15, 0.2) is 5.82 Å². The average Bonchev–Trinajstić information content (AvgIpc) is 2.92. The maximum absolute atomic E-state index is 4.34. The largest absolute Gasteiger partial charge is 0.362 e. The van der Waals surface area contributed by atoms with E-state index < -0.39 is 0 Å². The summed E-state index contributed by atoms with van der Waals surface area (Å²) < 4.78 is 1.89. The van der Waals surface area contributed by atoms with Gasteiger partial charge in [0.2, 0.25) is 0 Å². The van der Waals surface area contributed by atoms with Gasteiger partial charge in [0, 0.05) is 11.9 Å². The number of hydrogen-bond donors (Lipinski definition) is 1. The number of aryl methyl sites for hydroxylation is 3. The number of nitrogens with zero attached hydrogens (tertiary/aromatic N) is 5. The molecule has 0 aliphatic carbocycles. The summed E-state index contributed by atoms with van der Waals surface area (Å²) in [6, 6.07) is 0. The van der Waals surface area contributed by atoms with Gasteiger partial charge in [-0.2, -0.15) is 0 Å². The second kappa shape index (κ2) is 4.58. The van der Waals surface area contributed by atoms with Gasteiger partial charge in [-0.15, -0.1) is 21.5 Å². The van der Waals surface area contributed by atoms with Crippen LogP contribution in [0.1, 0.15) is 16.3 Å². The molecule has 6 nitrogen and oxygen atoms in total. The second-order valence-corrected chi connectivity index (χ2v) is 5.60. The van der Waals surface area contributed by atoms with Crippen LogP contribution in [0.5, 0.6) is 0 Å². The summed E-state index contributed by atoms with van der Waals surface area (Å²) in [6.07, 6.45) is 3.28. The molecule has 0 spiro atoms. The molecule has 19 heavy (non-hydrogen) atoms. The first-order chi connectivity index (χ1) is 9.16. The third kappa shape index (κ3) is 2.06. The normalized spacial score (nSPS) is 11.1. The molecule has 0 radical (unpaired) electrons. The summed E-state index contributed by atoms with van der Waals surface area (Å²) >= 11 is 1.70. The molecule has 7 heteroatoms. The molecule has 0 saturated heterocycles. The van der Waals surface area contributed by atoms with E-state index in [1.165, 1.54) is 10.4 Å². The minimum atomic E-state index is 0.594. The Morgan fingerprint density at radius 2 is 2.16 bits per heavy atom. The Kier molecular flexibility index (Phi) is 2.90. The third-order valence-corrected chi connectivity index (χ3v) is 4.30. The van der Waals surface area contributed by atoms with Gasteiger partial charge in [-0.25, -0.2) is 9.97 Å². The van der Waals surface area contributed by atoms with Crippen molar-refractivity contribution in [2.24, 2.45) is 7.05 Å². The Morgan fingerprint density at radius 3 is 2.89 bits per heavy atom. The smallest absolute Gasteiger partial charge is 0.151 e. The van der Waals surface area contributed by atoms with Gasteiger partial charge in [-0.05, 0) is 19.4 Å². The van der Waals surface area contributed by atoms with Crippen molar-refractivity contribution in [2.45, 2.75) is 20.4 Å². The topological polar surface area (TPSA) is 68.5 Å². The van der Waals surface area contributed by atoms with Gasteiger partial charge in [-0.1, -0.05) is 0 Å².